The summed E-state index contributed by atoms with van der Waals surface area (Å²) >= 11 is 22.4. The maximum absolute atomic E-state index is 12.4. The summed E-state index contributed by atoms with van der Waals surface area (Å²) in [7, 11) is -7.15. The first-order valence-corrected chi connectivity index (χ1v) is 15.9. The molecule has 0 unspecified atom stereocenters. The molecule has 0 aliphatic rings. The van der Waals surface area contributed by atoms with Crippen molar-refractivity contribution in [3.8, 4) is 0 Å². The number of nitrogen functional groups attached to an aromatic ring is 1. The second kappa shape index (κ2) is 16.6. The van der Waals surface area contributed by atoms with Gasteiger partial charge in [-0.05, 0) is 48.5 Å². The minimum absolute atomic E-state index is 0.141. The van der Waals surface area contributed by atoms with Gasteiger partial charge in [-0.1, -0.05) is 0 Å². The number of halogens is 4. The summed E-state index contributed by atoms with van der Waals surface area (Å²) in [6, 6.07) is 12.0. The zero-order valence-corrected chi connectivity index (χ0v) is 24.8. The summed E-state index contributed by atoms with van der Waals surface area (Å²) in [6.45, 7) is 2.25. The van der Waals surface area contributed by atoms with E-state index in [4.69, 9.17) is 52.1 Å². The highest BCUT2D eigenvalue weighted by Gasteiger charge is 2.24. The number of sulfonamides is 2. The van der Waals surface area contributed by atoms with Crippen LogP contribution < -0.4 is 11.1 Å². The second-order valence-corrected chi connectivity index (χ2v) is 12.7. The molecule has 0 spiro atoms. The Morgan fingerprint density at radius 3 is 1.32 bits per heavy atom. The van der Waals surface area contributed by atoms with Gasteiger partial charge in [-0.2, -0.15) is 8.61 Å². The second-order valence-electron chi connectivity index (χ2n) is 7.34. The average Bonchev–Trinajstić information content (AvgIpc) is 2.84. The molecule has 0 heterocycles. The van der Waals surface area contributed by atoms with Gasteiger partial charge in [0, 0.05) is 68.0 Å². The molecule has 2 aromatic rings. The van der Waals surface area contributed by atoms with Gasteiger partial charge in [0.05, 0.1) is 9.79 Å². The molecular weight excluding hydrogens is 606 g/mol. The molecule has 0 atom stereocenters. The lowest BCUT2D eigenvalue weighted by molar-refractivity contribution is -0.114. The van der Waals surface area contributed by atoms with Gasteiger partial charge in [0.25, 0.3) is 0 Å². The standard InChI is InChI=1S/C12H16Cl2N2O3S.C10H14Cl2N2O2S/c1-10(17)15-11-2-4-12(5-3-11)20(18,19)16(8-6-13)9-7-14;11-5-7-14(8-6-12)17(15,16)10-3-1-9(13)2-4-10/h2-5H,6-9H2,1H3,(H,15,17);1-4H,5-8,13H2. The molecule has 0 bridgehead atoms. The van der Waals surface area contributed by atoms with Gasteiger partial charge in [-0.15, -0.1) is 46.4 Å². The van der Waals surface area contributed by atoms with E-state index in [2.05, 4.69) is 5.32 Å². The van der Waals surface area contributed by atoms with Gasteiger partial charge >= 0.3 is 0 Å². The number of nitrogens with one attached hydrogen (secondary N) is 1. The number of rotatable bonds is 13. The van der Waals surface area contributed by atoms with Crippen molar-refractivity contribution in [2.24, 2.45) is 0 Å². The monoisotopic (exact) mass is 634 g/mol. The molecule has 2 aromatic carbocycles. The maximum Gasteiger partial charge on any atom is 0.243 e. The Morgan fingerprint density at radius 1 is 0.703 bits per heavy atom. The van der Waals surface area contributed by atoms with Gasteiger partial charge in [0.15, 0.2) is 0 Å². The molecule has 2 rings (SSSR count). The maximum atomic E-state index is 12.4. The van der Waals surface area contributed by atoms with Crippen LogP contribution >= 0.6 is 46.4 Å². The molecule has 0 saturated carbocycles. The Hall–Kier alpha value is -1.31. The van der Waals surface area contributed by atoms with E-state index >= 15 is 0 Å². The molecule has 15 heteroatoms. The Labute approximate surface area is 238 Å². The van der Waals surface area contributed by atoms with E-state index < -0.39 is 20.0 Å². The number of benzene rings is 2. The normalized spacial score (nSPS) is 11.8. The summed E-state index contributed by atoms with van der Waals surface area (Å²) in [6.07, 6.45) is 0. The largest absolute Gasteiger partial charge is 0.399 e. The molecule has 0 radical (unpaired) electrons. The van der Waals surface area contributed by atoms with E-state index in [1.807, 2.05) is 0 Å². The lowest BCUT2D eigenvalue weighted by Gasteiger charge is -2.20. The number of alkyl halides is 4. The quantitative estimate of drug-likeness (QED) is 0.254. The first-order chi connectivity index (χ1) is 17.4. The van der Waals surface area contributed by atoms with E-state index in [1.54, 1.807) is 12.1 Å². The molecule has 9 nitrogen and oxygen atoms in total. The van der Waals surface area contributed by atoms with E-state index in [1.165, 1.54) is 51.9 Å². The molecule has 3 N–H and O–H groups in total. The van der Waals surface area contributed by atoms with E-state index in [0.29, 0.717) is 11.4 Å². The number of carbonyl (C=O) groups is 1. The molecule has 0 aliphatic heterocycles. The third-order valence-electron chi connectivity index (χ3n) is 4.67. The number of nitrogens with two attached hydrogens (primary N) is 1. The lowest BCUT2D eigenvalue weighted by atomic mass is 10.3. The van der Waals surface area contributed by atoms with Crippen LogP contribution in [0.1, 0.15) is 6.92 Å². The number of hydrogen-bond acceptors (Lipinski definition) is 6. The first-order valence-electron chi connectivity index (χ1n) is 10.9. The minimum Gasteiger partial charge on any atom is -0.399 e. The van der Waals surface area contributed by atoms with Crippen molar-refractivity contribution in [2.45, 2.75) is 16.7 Å². The van der Waals surface area contributed by atoms with Gasteiger partial charge in [-0.3, -0.25) is 4.79 Å². The zero-order valence-electron chi connectivity index (χ0n) is 20.1. The Balaban J connectivity index is 0.000000375. The Bertz CT molecular complexity index is 1170. The third kappa shape index (κ3) is 10.8. The summed E-state index contributed by atoms with van der Waals surface area (Å²) in [5.41, 5.74) is 6.57. The van der Waals surface area contributed by atoms with Gasteiger partial charge in [0.1, 0.15) is 0 Å². The fourth-order valence-corrected chi connectivity index (χ4v) is 7.03. The highest BCUT2D eigenvalue weighted by Crippen LogP contribution is 2.19. The van der Waals surface area contributed by atoms with Crippen LogP contribution in [-0.2, 0) is 24.8 Å². The number of amides is 1. The van der Waals surface area contributed by atoms with Gasteiger partial charge in [0.2, 0.25) is 26.0 Å². The van der Waals surface area contributed by atoms with E-state index in [-0.39, 0.29) is 65.4 Å². The van der Waals surface area contributed by atoms with Crippen molar-refractivity contribution in [3.05, 3.63) is 48.5 Å². The van der Waals surface area contributed by atoms with Gasteiger partial charge < -0.3 is 11.1 Å². The van der Waals surface area contributed by atoms with Crippen LogP contribution in [0.3, 0.4) is 0 Å². The predicted molar refractivity (Wildman–Crippen MR) is 152 cm³/mol. The Morgan fingerprint density at radius 2 is 1.03 bits per heavy atom. The van der Waals surface area contributed by atoms with E-state index in [9.17, 15) is 21.6 Å². The summed E-state index contributed by atoms with van der Waals surface area (Å²) in [5.74, 6) is 0.627. The topological polar surface area (TPSA) is 130 Å². The molecule has 208 valence electrons. The number of hydrogen-bond donors (Lipinski definition) is 2. The van der Waals surface area contributed by atoms with Crippen molar-refractivity contribution in [1.82, 2.24) is 8.61 Å². The Kier molecular flexibility index (Phi) is 15.1. The number of anilines is 2. The SMILES string of the molecule is CC(=O)Nc1ccc(S(=O)(=O)N(CCCl)CCCl)cc1.Nc1ccc(S(=O)(=O)N(CCCl)CCCl)cc1. The molecule has 37 heavy (non-hydrogen) atoms. The van der Waals surface area contributed by atoms with Crippen LogP contribution in [-0.4, -0.2) is 81.1 Å². The first kappa shape index (κ1) is 33.7. The van der Waals surface area contributed by atoms with E-state index in [0.717, 1.165) is 0 Å². The zero-order chi connectivity index (χ0) is 28.1. The molecular formula is C22H30Cl4N4O5S2. The summed E-state index contributed by atoms with van der Waals surface area (Å²) in [5, 5.41) is 2.57. The van der Waals surface area contributed by atoms with Crippen molar-refractivity contribution in [3.63, 3.8) is 0 Å². The summed E-state index contributed by atoms with van der Waals surface area (Å²) in [4.78, 5) is 11.2. The molecule has 1 amide bonds. The highest BCUT2D eigenvalue weighted by atomic mass is 35.5. The molecule has 0 fully saturated rings. The summed E-state index contributed by atoms with van der Waals surface area (Å²) < 4.78 is 51.6. The fraction of sp³-hybridized carbons (Fsp3) is 0.409. The van der Waals surface area contributed by atoms with Crippen LogP contribution in [0.4, 0.5) is 11.4 Å². The van der Waals surface area contributed by atoms with Crippen molar-refractivity contribution in [2.75, 3.05) is 60.7 Å². The van der Waals surface area contributed by atoms with Crippen LogP contribution in [0, 0.1) is 0 Å². The van der Waals surface area contributed by atoms with Crippen LogP contribution in [0.15, 0.2) is 58.3 Å². The molecule has 0 aliphatic carbocycles. The average molecular weight is 636 g/mol. The van der Waals surface area contributed by atoms with Crippen LogP contribution in [0.5, 0.6) is 0 Å². The van der Waals surface area contributed by atoms with Crippen molar-refractivity contribution in [1.29, 1.82) is 0 Å². The van der Waals surface area contributed by atoms with Crippen molar-refractivity contribution >= 4 is 83.7 Å². The van der Waals surface area contributed by atoms with Crippen LogP contribution in [0.2, 0.25) is 0 Å². The smallest absolute Gasteiger partial charge is 0.243 e. The lowest BCUT2D eigenvalue weighted by Crippen LogP contribution is -2.34. The minimum atomic E-state index is -3.62. The number of nitrogens with zero attached hydrogens (tertiary/aromatic N) is 2. The van der Waals surface area contributed by atoms with Crippen molar-refractivity contribution < 1.29 is 21.6 Å². The van der Waals surface area contributed by atoms with Crippen LogP contribution in [0.25, 0.3) is 0 Å². The fourth-order valence-electron chi connectivity index (χ4n) is 2.93. The predicted octanol–water partition coefficient (Wildman–Crippen LogP) is 3.85. The highest BCUT2D eigenvalue weighted by molar-refractivity contribution is 7.89. The molecule has 0 aromatic heterocycles. The third-order valence-corrected chi connectivity index (χ3v) is 9.17. The van der Waals surface area contributed by atoms with Gasteiger partial charge in [-0.25, -0.2) is 16.8 Å². The molecule has 0 saturated heterocycles. The number of carbonyl (C=O) groups excluding carboxylic acids is 1.